The fourth-order valence-corrected chi connectivity index (χ4v) is 6.43. The van der Waals surface area contributed by atoms with Crippen LogP contribution in [0.4, 0.5) is 0 Å². The molecule has 55 heavy (non-hydrogen) atoms. The van der Waals surface area contributed by atoms with Gasteiger partial charge in [-0.25, -0.2) is 4.57 Å². The molecule has 0 fully saturated rings. The van der Waals surface area contributed by atoms with E-state index < -0.39 is 44.7 Å². The number of phosphoric acid groups is 1. The zero-order valence-electron chi connectivity index (χ0n) is 34.4. The van der Waals surface area contributed by atoms with Gasteiger partial charge in [-0.1, -0.05) is 152 Å². The molecule has 0 aliphatic rings. The van der Waals surface area contributed by atoms with Crippen LogP contribution in [0.2, 0.25) is 0 Å². The average Bonchev–Trinajstić information content (AvgIpc) is 3.16. The van der Waals surface area contributed by atoms with Crippen LogP contribution in [0.1, 0.15) is 168 Å². The number of rotatable bonds is 39. The molecule has 1 unspecified atom stereocenters. The van der Waals surface area contributed by atoms with Crippen molar-refractivity contribution in [2.24, 2.45) is 5.73 Å². The molecule has 0 bridgehead atoms. The number of aliphatic hydroxyl groups excluding tert-OH is 2. The van der Waals surface area contributed by atoms with Crippen molar-refractivity contribution in [2.45, 2.75) is 186 Å². The Bertz CT molecular complexity index is 1080. The molecule has 0 heterocycles. The maximum absolute atomic E-state index is 12.6. The van der Waals surface area contributed by atoms with Crippen molar-refractivity contribution < 1.29 is 47.8 Å². The second-order valence-electron chi connectivity index (χ2n) is 14.1. The zero-order valence-corrected chi connectivity index (χ0v) is 35.3. The van der Waals surface area contributed by atoms with Gasteiger partial charge in [0.1, 0.15) is 6.61 Å². The van der Waals surface area contributed by atoms with Crippen LogP contribution in [0.3, 0.4) is 0 Å². The van der Waals surface area contributed by atoms with Crippen molar-refractivity contribution in [1.29, 1.82) is 0 Å². The Morgan fingerprint density at radius 2 is 1.11 bits per heavy atom. The fraction of sp³-hybridized carbons (Fsp3) is 0.767. The van der Waals surface area contributed by atoms with Crippen molar-refractivity contribution in [3.05, 3.63) is 48.6 Å². The van der Waals surface area contributed by atoms with E-state index in [1.807, 2.05) is 18.2 Å². The standard InChI is InChI=1S/C43H78NO10P/c1-3-5-7-9-11-13-15-17-18-19-21-23-25-27-29-33-42(47)51-37-39(38-53-55(49,50)52-36-35-44)54-43(48)34-30-32-41(46)40(45)31-28-26-24-22-20-16-14-12-10-8-6-4-2/h6,8,12,14,20,22,26,28,39-41,45-46H,3-5,7,9-11,13,15-19,21,23-25,27,29-38,44H2,1-2H3,(H,49,50)/b8-6-,14-12-,22-20-,28-26-/t39-,40-,41-/m1/s1. The highest BCUT2D eigenvalue weighted by Gasteiger charge is 2.26. The van der Waals surface area contributed by atoms with Gasteiger partial charge in [-0.3, -0.25) is 18.6 Å². The molecule has 0 aromatic rings. The van der Waals surface area contributed by atoms with Gasteiger partial charge in [0, 0.05) is 19.4 Å². The van der Waals surface area contributed by atoms with Crippen LogP contribution in [-0.2, 0) is 32.7 Å². The summed E-state index contributed by atoms with van der Waals surface area (Å²) in [4.78, 5) is 34.9. The van der Waals surface area contributed by atoms with Gasteiger partial charge in [0.15, 0.2) is 6.10 Å². The first-order valence-corrected chi connectivity index (χ1v) is 22.8. The lowest BCUT2D eigenvalue weighted by molar-refractivity contribution is -0.161. The van der Waals surface area contributed by atoms with E-state index in [9.17, 15) is 29.3 Å². The van der Waals surface area contributed by atoms with Gasteiger partial charge in [-0.05, 0) is 51.4 Å². The number of carbonyl (C=O) groups excluding carboxylic acids is 2. The lowest BCUT2D eigenvalue weighted by atomic mass is 10.0. The number of ether oxygens (including phenoxy) is 2. The molecule has 12 heteroatoms. The summed E-state index contributed by atoms with van der Waals surface area (Å²) < 4.78 is 32.5. The average molecular weight is 800 g/mol. The minimum absolute atomic E-state index is 0.00718. The van der Waals surface area contributed by atoms with E-state index in [0.717, 1.165) is 44.9 Å². The Kier molecular flexibility index (Phi) is 37.3. The molecule has 0 saturated carbocycles. The second kappa shape index (κ2) is 38.7. The van der Waals surface area contributed by atoms with Crippen LogP contribution in [0.5, 0.6) is 0 Å². The third-order valence-corrected chi connectivity index (χ3v) is 9.91. The van der Waals surface area contributed by atoms with Crippen LogP contribution in [0.25, 0.3) is 0 Å². The van der Waals surface area contributed by atoms with Crippen LogP contribution < -0.4 is 5.73 Å². The van der Waals surface area contributed by atoms with E-state index in [1.165, 1.54) is 70.6 Å². The van der Waals surface area contributed by atoms with Gasteiger partial charge < -0.3 is 30.3 Å². The molecule has 0 spiro atoms. The Balaban J connectivity index is 4.42. The number of nitrogens with two attached hydrogens (primary N) is 1. The molecule has 0 aromatic carbocycles. The zero-order chi connectivity index (χ0) is 40.7. The lowest BCUT2D eigenvalue weighted by Gasteiger charge is -2.20. The lowest BCUT2D eigenvalue weighted by Crippen LogP contribution is -2.30. The molecular formula is C43H78NO10P. The highest BCUT2D eigenvalue weighted by atomic mass is 31.2. The molecule has 4 atom stereocenters. The normalized spacial score (nSPS) is 14.9. The summed E-state index contributed by atoms with van der Waals surface area (Å²) >= 11 is 0. The number of phosphoric ester groups is 1. The van der Waals surface area contributed by atoms with Gasteiger partial charge >= 0.3 is 19.8 Å². The first-order chi connectivity index (χ1) is 26.6. The van der Waals surface area contributed by atoms with Crippen molar-refractivity contribution >= 4 is 19.8 Å². The number of unbranched alkanes of at least 4 members (excludes halogenated alkanes) is 14. The van der Waals surface area contributed by atoms with E-state index in [2.05, 4.69) is 44.2 Å². The Morgan fingerprint density at radius 3 is 1.64 bits per heavy atom. The summed E-state index contributed by atoms with van der Waals surface area (Å²) in [6, 6.07) is 0. The molecule has 0 aliphatic heterocycles. The van der Waals surface area contributed by atoms with Crippen LogP contribution in [0.15, 0.2) is 48.6 Å². The first-order valence-electron chi connectivity index (χ1n) is 21.3. The van der Waals surface area contributed by atoms with E-state index >= 15 is 0 Å². The summed E-state index contributed by atoms with van der Waals surface area (Å²) in [5, 5.41) is 20.7. The smallest absolute Gasteiger partial charge is 0.462 e. The monoisotopic (exact) mass is 800 g/mol. The summed E-state index contributed by atoms with van der Waals surface area (Å²) in [6.45, 7) is 3.27. The van der Waals surface area contributed by atoms with E-state index in [-0.39, 0.29) is 51.9 Å². The third-order valence-electron chi connectivity index (χ3n) is 8.93. The topological polar surface area (TPSA) is 175 Å². The van der Waals surface area contributed by atoms with Gasteiger partial charge in [-0.2, -0.15) is 0 Å². The number of hydrogen-bond acceptors (Lipinski definition) is 10. The van der Waals surface area contributed by atoms with Crippen molar-refractivity contribution in [3.63, 3.8) is 0 Å². The van der Waals surface area contributed by atoms with E-state index in [0.29, 0.717) is 6.42 Å². The maximum atomic E-state index is 12.6. The summed E-state index contributed by atoms with van der Waals surface area (Å²) in [6.07, 6.45) is 36.0. The SMILES string of the molecule is CC/C=C\C/C=C\C/C=C\C/C=C\C[C@@H](O)[C@H](O)CCCC(=O)O[C@H](COC(=O)CCCCCCCCCCCCCCCCC)COP(=O)(O)OCCN. The number of allylic oxidation sites excluding steroid dienone is 7. The third kappa shape index (κ3) is 37.2. The summed E-state index contributed by atoms with van der Waals surface area (Å²) in [5.74, 6) is -1.11. The summed E-state index contributed by atoms with van der Waals surface area (Å²) in [7, 11) is -4.46. The van der Waals surface area contributed by atoms with Crippen LogP contribution in [0, 0.1) is 0 Å². The molecule has 0 aliphatic carbocycles. The predicted octanol–water partition coefficient (Wildman–Crippen LogP) is 9.88. The quantitative estimate of drug-likeness (QED) is 0.0202. The number of esters is 2. The Hall–Kier alpha value is -2.11. The van der Waals surface area contributed by atoms with Crippen LogP contribution >= 0.6 is 7.82 Å². The van der Waals surface area contributed by atoms with Gasteiger partial charge in [0.05, 0.1) is 25.4 Å². The highest BCUT2D eigenvalue weighted by molar-refractivity contribution is 7.47. The van der Waals surface area contributed by atoms with Crippen molar-refractivity contribution in [3.8, 4) is 0 Å². The second-order valence-corrected chi connectivity index (χ2v) is 15.6. The van der Waals surface area contributed by atoms with Crippen molar-refractivity contribution in [2.75, 3.05) is 26.4 Å². The van der Waals surface area contributed by atoms with Gasteiger partial charge in [-0.15, -0.1) is 0 Å². The first kappa shape index (κ1) is 52.9. The predicted molar refractivity (Wildman–Crippen MR) is 222 cm³/mol. The molecule has 0 saturated heterocycles. The van der Waals surface area contributed by atoms with Crippen molar-refractivity contribution in [1.82, 2.24) is 0 Å². The molecule has 5 N–H and O–H groups in total. The minimum atomic E-state index is -4.46. The van der Waals surface area contributed by atoms with E-state index in [4.69, 9.17) is 24.3 Å². The van der Waals surface area contributed by atoms with Gasteiger partial charge in [0.25, 0.3) is 0 Å². The van der Waals surface area contributed by atoms with Crippen LogP contribution in [-0.4, -0.2) is 71.7 Å². The molecule has 11 nitrogen and oxygen atoms in total. The van der Waals surface area contributed by atoms with Gasteiger partial charge in [0.2, 0.25) is 0 Å². The number of carbonyl (C=O) groups is 2. The molecule has 0 amide bonds. The highest BCUT2D eigenvalue weighted by Crippen LogP contribution is 2.43. The Morgan fingerprint density at radius 1 is 0.618 bits per heavy atom. The Labute approximate surface area is 333 Å². The molecule has 0 rings (SSSR count). The largest absolute Gasteiger partial charge is 0.472 e. The molecule has 320 valence electrons. The minimum Gasteiger partial charge on any atom is -0.462 e. The maximum Gasteiger partial charge on any atom is 0.472 e. The van der Waals surface area contributed by atoms with E-state index in [1.54, 1.807) is 0 Å². The number of hydrogen-bond donors (Lipinski definition) is 4. The number of aliphatic hydroxyl groups is 2. The fourth-order valence-electron chi connectivity index (χ4n) is 5.66. The summed E-state index contributed by atoms with van der Waals surface area (Å²) in [5.41, 5.74) is 5.33. The molecule has 0 aromatic heterocycles. The molecule has 0 radical (unpaired) electrons. The molecular weight excluding hydrogens is 721 g/mol.